The lowest BCUT2D eigenvalue weighted by molar-refractivity contribution is -0.131. The van der Waals surface area contributed by atoms with Crippen molar-refractivity contribution in [2.75, 3.05) is 14.1 Å². The van der Waals surface area contributed by atoms with Crippen LogP contribution >= 0.6 is 0 Å². The molecule has 1 heterocycles. The molecule has 2 fully saturated rings. The van der Waals surface area contributed by atoms with Crippen LogP contribution in [0.3, 0.4) is 0 Å². The van der Waals surface area contributed by atoms with Crippen LogP contribution in [0.1, 0.15) is 77.0 Å². The van der Waals surface area contributed by atoms with E-state index in [1.807, 2.05) is 0 Å². The van der Waals surface area contributed by atoms with Crippen molar-refractivity contribution in [3.05, 3.63) is 0 Å². The number of likely N-dealkylation sites (N-methyl/N-ethyl adjacent to an activating group) is 1. The SMILES string of the molecule is CNC1CCCC(C[C@@]2(CCC3CCCCC3)N=C(N)N(C)C2=O)C1. The smallest absolute Gasteiger partial charge is 0.257 e. The van der Waals surface area contributed by atoms with E-state index in [2.05, 4.69) is 12.4 Å². The molecule has 3 aliphatic rings. The van der Waals surface area contributed by atoms with Crippen molar-refractivity contribution in [3.8, 4) is 0 Å². The van der Waals surface area contributed by atoms with Crippen LogP contribution in [0, 0.1) is 11.8 Å². The van der Waals surface area contributed by atoms with Gasteiger partial charge in [0.25, 0.3) is 5.91 Å². The lowest BCUT2D eigenvalue weighted by Crippen LogP contribution is -2.44. The van der Waals surface area contributed by atoms with Crippen LogP contribution in [-0.2, 0) is 4.79 Å². The van der Waals surface area contributed by atoms with Gasteiger partial charge in [0.1, 0.15) is 5.54 Å². The van der Waals surface area contributed by atoms with Crippen molar-refractivity contribution >= 4 is 11.9 Å². The molecule has 3 rings (SSSR count). The summed E-state index contributed by atoms with van der Waals surface area (Å²) in [6.45, 7) is 0. The van der Waals surface area contributed by atoms with Crippen molar-refractivity contribution in [1.29, 1.82) is 0 Å². The van der Waals surface area contributed by atoms with Gasteiger partial charge >= 0.3 is 0 Å². The Bertz CT molecular complexity index is 500. The number of aliphatic imine (C=N–C) groups is 1. The number of hydrogen-bond donors (Lipinski definition) is 2. The number of carbonyl (C=O) groups excluding carboxylic acids is 1. The van der Waals surface area contributed by atoms with Gasteiger partial charge in [-0.15, -0.1) is 0 Å². The molecule has 2 aliphatic carbocycles. The van der Waals surface area contributed by atoms with Gasteiger partial charge in [0.05, 0.1) is 0 Å². The summed E-state index contributed by atoms with van der Waals surface area (Å²) in [7, 11) is 3.83. The van der Waals surface area contributed by atoms with E-state index in [0.29, 0.717) is 17.9 Å². The lowest BCUT2D eigenvalue weighted by Gasteiger charge is -2.35. The highest BCUT2D eigenvalue weighted by Gasteiger charge is 2.47. The van der Waals surface area contributed by atoms with Crippen LogP contribution in [0.25, 0.3) is 0 Å². The molecule has 1 amide bonds. The Balaban J connectivity index is 1.69. The Kier molecular flexibility index (Phi) is 6.03. The number of rotatable bonds is 6. The van der Waals surface area contributed by atoms with Gasteiger partial charge in [-0.2, -0.15) is 0 Å². The highest BCUT2D eigenvalue weighted by atomic mass is 16.2. The van der Waals surface area contributed by atoms with E-state index in [0.717, 1.165) is 31.6 Å². The lowest BCUT2D eigenvalue weighted by atomic mass is 9.74. The average Bonchev–Trinajstić information content (AvgIpc) is 2.85. The number of nitrogens with zero attached hydrogens (tertiary/aromatic N) is 2. The van der Waals surface area contributed by atoms with E-state index < -0.39 is 5.54 Å². The van der Waals surface area contributed by atoms with Crippen molar-refractivity contribution in [2.45, 2.75) is 88.6 Å². The monoisotopic (exact) mass is 348 g/mol. The molecule has 2 unspecified atom stereocenters. The first-order valence-electron chi connectivity index (χ1n) is 10.3. The fourth-order valence-electron chi connectivity index (χ4n) is 5.29. The van der Waals surface area contributed by atoms with Gasteiger partial charge in [0.2, 0.25) is 0 Å². The van der Waals surface area contributed by atoms with Gasteiger partial charge in [-0.1, -0.05) is 44.9 Å². The van der Waals surface area contributed by atoms with Crippen LogP contribution in [0.4, 0.5) is 0 Å². The predicted molar refractivity (Wildman–Crippen MR) is 102 cm³/mol. The molecule has 0 radical (unpaired) electrons. The topological polar surface area (TPSA) is 70.7 Å². The van der Waals surface area contributed by atoms with Gasteiger partial charge in [-0.25, -0.2) is 4.99 Å². The Hall–Kier alpha value is -1.10. The third-order valence-electron chi connectivity index (χ3n) is 6.88. The van der Waals surface area contributed by atoms with E-state index in [9.17, 15) is 4.79 Å². The van der Waals surface area contributed by atoms with Crippen LogP contribution in [0.5, 0.6) is 0 Å². The third-order valence-corrected chi connectivity index (χ3v) is 6.88. The minimum absolute atomic E-state index is 0.132. The summed E-state index contributed by atoms with van der Waals surface area (Å²) in [5, 5.41) is 3.43. The van der Waals surface area contributed by atoms with Gasteiger partial charge in [0, 0.05) is 13.1 Å². The first kappa shape index (κ1) is 18.7. The molecule has 5 heteroatoms. The number of nitrogens with two attached hydrogens (primary N) is 1. The van der Waals surface area contributed by atoms with Crippen molar-refractivity contribution < 1.29 is 4.79 Å². The Morgan fingerprint density at radius 2 is 1.88 bits per heavy atom. The standard InChI is InChI=1S/C20H36N4O/c1-22-17-10-6-9-16(13-17)14-20(18(25)24(2)19(21)23-20)12-11-15-7-4-3-5-8-15/h15-17,22H,3-14H2,1-2H3,(H2,21,23)/t16?,17?,20-/m1/s1. The normalized spacial score (nSPS) is 34.4. The number of nitrogens with one attached hydrogen (secondary N) is 1. The molecule has 0 saturated heterocycles. The van der Waals surface area contributed by atoms with E-state index in [4.69, 9.17) is 10.7 Å². The van der Waals surface area contributed by atoms with Crippen LogP contribution in [0.2, 0.25) is 0 Å². The zero-order valence-electron chi connectivity index (χ0n) is 16.1. The summed E-state index contributed by atoms with van der Waals surface area (Å²) in [6.07, 6.45) is 14.5. The second-order valence-electron chi connectivity index (χ2n) is 8.63. The van der Waals surface area contributed by atoms with Crippen molar-refractivity contribution in [1.82, 2.24) is 10.2 Å². The summed E-state index contributed by atoms with van der Waals surface area (Å²) in [5.41, 5.74) is 5.47. The molecule has 0 aromatic rings. The highest BCUT2D eigenvalue weighted by molar-refractivity contribution is 6.06. The second-order valence-corrected chi connectivity index (χ2v) is 8.63. The maximum absolute atomic E-state index is 13.1. The van der Waals surface area contributed by atoms with Crippen LogP contribution < -0.4 is 11.1 Å². The van der Waals surface area contributed by atoms with Gasteiger partial charge in [0.15, 0.2) is 5.96 Å². The van der Waals surface area contributed by atoms with Crippen LogP contribution in [-0.4, -0.2) is 42.4 Å². The van der Waals surface area contributed by atoms with E-state index in [1.165, 1.54) is 51.4 Å². The molecule has 142 valence electrons. The molecule has 25 heavy (non-hydrogen) atoms. The Labute approximate surface area is 152 Å². The zero-order chi connectivity index (χ0) is 17.9. The number of hydrogen-bond acceptors (Lipinski definition) is 4. The molecule has 3 atom stereocenters. The van der Waals surface area contributed by atoms with Gasteiger partial charge < -0.3 is 11.1 Å². The Morgan fingerprint density at radius 1 is 1.16 bits per heavy atom. The minimum Gasteiger partial charge on any atom is -0.369 e. The molecule has 0 bridgehead atoms. The molecule has 0 spiro atoms. The summed E-state index contributed by atoms with van der Waals surface area (Å²) < 4.78 is 0. The molecule has 3 N–H and O–H groups in total. The predicted octanol–water partition coefficient (Wildman–Crippen LogP) is 3.04. The molecule has 0 aromatic heterocycles. The van der Waals surface area contributed by atoms with Crippen LogP contribution in [0.15, 0.2) is 4.99 Å². The molecule has 1 aliphatic heterocycles. The number of carbonyl (C=O) groups is 1. The van der Waals surface area contributed by atoms with Gasteiger partial charge in [-0.3, -0.25) is 9.69 Å². The summed E-state index contributed by atoms with van der Waals surface area (Å²) >= 11 is 0. The zero-order valence-corrected chi connectivity index (χ0v) is 16.1. The average molecular weight is 349 g/mol. The van der Waals surface area contributed by atoms with Crippen molar-refractivity contribution in [3.63, 3.8) is 0 Å². The third kappa shape index (κ3) is 4.18. The number of amides is 1. The second kappa shape index (κ2) is 8.07. The van der Waals surface area contributed by atoms with E-state index >= 15 is 0 Å². The molecular weight excluding hydrogens is 312 g/mol. The summed E-state index contributed by atoms with van der Waals surface area (Å²) in [5.74, 6) is 1.89. The van der Waals surface area contributed by atoms with E-state index in [1.54, 1.807) is 11.9 Å². The fourth-order valence-corrected chi connectivity index (χ4v) is 5.29. The maximum atomic E-state index is 13.1. The van der Waals surface area contributed by atoms with E-state index in [-0.39, 0.29) is 5.91 Å². The Morgan fingerprint density at radius 3 is 2.52 bits per heavy atom. The largest absolute Gasteiger partial charge is 0.369 e. The summed E-state index contributed by atoms with van der Waals surface area (Å²) in [6, 6.07) is 0.588. The minimum atomic E-state index is -0.587. The first-order chi connectivity index (χ1) is 12.0. The molecule has 0 aromatic carbocycles. The van der Waals surface area contributed by atoms with Crippen molar-refractivity contribution in [2.24, 2.45) is 22.6 Å². The first-order valence-corrected chi connectivity index (χ1v) is 10.3. The highest BCUT2D eigenvalue weighted by Crippen LogP contribution is 2.40. The van der Waals surface area contributed by atoms with Gasteiger partial charge in [-0.05, 0) is 51.0 Å². The fraction of sp³-hybridized carbons (Fsp3) is 0.900. The molecule has 5 nitrogen and oxygen atoms in total. The number of guanidine groups is 1. The quantitative estimate of drug-likeness (QED) is 0.775. The molecular formula is C20H36N4O. The summed E-state index contributed by atoms with van der Waals surface area (Å²) in [4.78, 5) is 19.4. The molecule has 2 saturated carbocycles. The maximum Gasteiger partial charge on any atom is 0.257 e.